The molecule has 1 fully saturated rings. The number of carbonyl (C=O) groups is 1. The molecule has 3 aromatic rings. The van der Waals surface area contributed by atoms with Crippen LogP contribution in [0.15, 0.2) is 48.0 Å². The molecule has 1 aliphatic heterocycles. The first-order valence-electron chi connectivity index (χ1n) is 9.39. The van der Waals surface area contributed by atoms with Crippen molar-refractivity contribution >= 4 is 28.8 Å². The minimum Gasteiger partial charge on any atom is -0.340 e. The van der Waals surface area contributed by atoms with Gasteiger partial charge in [0.05, 0.1) is 17.8 Å². The van der Waals surface area contributed by atoms with Crippen molar-refractivity contribution in [3.8, 4) is 10.7 Å². The summed E-state index contributed by atoms with van der Waals surface area (Å²) in [6.45, 7) is 3.05. The van der Waals surface area contributed by atoms with Crippen LogP contribution < -0.4 is 0 Å². The van der Waals surface area contributed by atoms with Crippen LogP contribution in [0, 0.1) is 5.82 Å². The first kappa shape index (κ1) is 19.9. The number of benzene rings is 1. The highest BCUT2D eigenvalue weighted by molar-refractivity contribution is 7.13. The molecule has 0 spiro atoms. The molecule has 0 bridgehead atoms. The van der Waals surface area contributed by atoms with Crippen molar-refractivity contribution in [2.45, 2.75) is 13.0 Å². The highest BCUT2D eigenvalue weighted by Gasteiger charge is 2.23. The van der Waals surface area contributed by atoms with Crippen LogP contribution in [0.2, 0.25) is 5.02 Å². The van der Waals surface area contributed by atoms with Crippen molar-refractivity contribution in [2.75, 3.05) is 26.2 Å². The lowest BCUT2D eigenvalue weighted by atomic mass is 10.1. The van der Waals surface area contributed by atoms with Crippen LogP contribution in [-0.4, -0.2) is 51.9 Å². The van der Waals surface area contributed by atoms with Crippen LogP contribution in [0.5, 0.6) is 0 Å². The average molecular weight is 431 g/mol. The summed E-state index contributed by atoms with van der Waals surface area (Å²) in [5.41, 5.74) is 2.09. The second kappa shape index (κ2) is 8.98. The maximum Gasteiger partial charge on any atom is 0.228 e. The fraction of sp³-hybridized carbons (Fsp3) is 0.286. The van der Waals surface area contributed by atoms with Gasteiger partial charge in [0, 0.05) is 54.9 Å². The fourth-order valence-corrected chi connectivity index (χ4v) is 4.34. The van der Waals surface area contributed by atoms with E-state index >= 15 is 0 Å². The molecule has 1 aliphatic rings. The summed E-state index contributed by atoms with van der Waals surface area (Å²) in [6, 6.07) is 10.4. The zero-order valence-electron chi connectivity index (χ0n) is 15.7. The number of carbonyl (C=O) groups excluding carboxylic acids is 1. The number of pyridine rings is 1. The zero-order valence-corrected chi connectivity index (χ0v) is 17.3. The van der Waals surface area contributed by atoms with Gasteiger partial charge < -0.3 is 4.90 Å². The quantitative estimate of drug-likeness (QED) is 0.616. The van der Waals surface area contributed by atoms with Crippen LogP contribution in [0.3, 0.4) is 0 Å². The van der Waals surface area contributed by atoms with Crippen molar-refractivity contribution in [1.82, 2.24) is 19.8 Å². The molecular weight excluding hydrogens is 411 g/mol. The Morgan fingerprint density at radius 2 is 1.97 bits per heavy atom. The van der Waals surface area contributed by atoms with E-state index in [1.54, 1.807) is 18.3 Å². The maximum absolute atomic E-state index is 14.0. The molecule has 3 heterocycles. The molecule has 29 heavy (non-hydrogen) atoms. The lowest BCUT2D eigenvalue weighted by Crippen LogP contribution is -2.48. The molecule has 5 nitrogen and oxygen atoms in total. The molecule has 0 atom stereocenters. The van der Waals surface area contributed by atoms with Crippen LogP contribution in [-0.2, 0) is 17.8 Å². The number of hydrogen-bond donors (Lipinski definition) is 0. The number of piperazine rings is 1. The van der Waals surface area contributed by atoms with Gasteiger partial charge in [0.1, 0.15) is 10.8 Å². The standard InChI is InChI=1S/C21H20ClFN4OS/c22-17-4-3-5-18(23)16(17)13-26-8-10-27(11-9-26)20(28)12-15-14-29-21(25-15)19-6-1-2-7-24-19/h1-7,14H,8-13H2. The van der Waals surface area contributed by atoms with E-state index in [9.17, 15) is 9.18 Å². The van der Waals surface area contributed by atoms with Gasteiger partial charge in [-0.25, -0.2) is 9.37 Å². The fourth-order valence-electron chi connectivity index (χ4n) is 3.32. The molecule has 0 N–H and O–H groups in total. The van der Waals surface area contributed by atoms with Gasteiger partial charge in [-0.05, 0) is 24.3 Å². The number of thiazole rings is 1. The maximum atomic E-state index is 14.0. The third kappa shape index (κ3) is 4.80. The molecule has 0 aliphatic carbocycles. The predicted molar refractivity (Wildman–Crippen MR) is 112 cm³/mol. The second-order valence-corrected chi connectivity index (χ2v) is 8.16. The summed E-state index contributed by atoms with van der Waals surface area (Å²) in [5.74, 6) is -0.227. The molecule has 1 aromatic carbocycles. The van der Waals surface area contributed by atoms with E-state index in [4.69, 9.17) is 11.6 Å². The van der Waals surface area contributed by atoms with E-state index in [2.05, 4.69) is 14.9 Å². The van der Waals surface area contributed by atoms with Crippen molar-refractivity contribution in [1.29, 1.82) is 0 Å². The number of hydrogen-bond acceptors (Lipinski definition) is 5. The van der Waals surface area contributed by atoms with Gasteiger partial charge in [-0.3, -0.25) is 14.7 Å². The summed E-state index contributed by atoms with van der Waals surface area (Å²) in [4.78, 5) is 25.5. The van der Waals surface area contributed by atoms with E-state index in [-0.39, 0.29) is 18.1 Å². The molecule has 0 radical (unpaired) electrons. The van der Waals surface area contributed by atoms with Gasteiger partial charge in [-0.15, -0.1) is 11.3 Å². The Balaban J connectivity index is 1.31. The third-order valence-corrected chi connectivity index (χ3v) is 6.20. The van der Waals surface area contributed by atoms with E-state index in [0.717, 1.165) is 16.4 Å². The number of amides is 1. The van der Waals surface area contributed by atoms with Crippen molar-refractivity contribution < 1.29 is 9.18 Å². The third-order valence-electron chi connectivity index (χ3n) is 4.94. The Morgan fingerprint density at radius 3 is 2.69 bits per heavy atom. The minimum atomic E-state index is -0.289. The van der Waals surface area contributed by atoms with E-state index in [1.807, 2.05) is 28.5 Å². The topological polar surface area (TPSA) is 49.3 Å². The first-order chi connectivity index (χ1) is 14.1. The van der Waals surface area contributed by atoms with Crippen LogP contribution in [0.25, 0.3) is 10.7 Å². The molecule has 8 heteroatoms. The Labute approximate surface area is 177 Å². The van der Waals surface area contributed by atoms with Crippen molar-refractivity contribution in [2.24, 2.45) is 0 Å². The number of aromatic nitrogens is 2. The molecule has 4 rings (SSSR count). The zero-order chi connectivity index (χ0) is 20.2. The Hall–Kier alpha value is -2.35. The van der Waals surface area contributed by atoms with Crippen LogP contribution in [0.4, 0.5) is 4.39 Å². The lowest BCUT2D eigenvalue weighted by molar-refractivity contribution is -0.132. The predicted octanol–water partition coefficient (Wildman–Crippen LogP) is 3.88. The molecule has 1 amide bonds. The summed E-state index contributed by atoms with van der Waals surface area (Å²) in [5, 5.41) is 3.17. The van der Waals surface area contributed by atoms with E-state index in [0.29, 0.717) is 43.3 Å². The molecule has 1 saturated heterocycles. The summed E-state index contributed by atoms with van der Waals surface area (Å²) in [7, 11) is 0. The van der Waals surface area contributed by atoms with Crippen LogP contribution >= 0.6 is 22.9 Å². The lowest BCUT2D eigenvalue weighted by Gasteiger charge is -2.35. The van der Waals surface area contributed by atoms with Crippen molar-refractivity contribution in [3.63, 3.8) is 0 Å². The van der Waals surface area contributed by atoms with E-state index in [1.165, 1.54) is 17.4 Å². The Bertz CT molecular complexity index is 969. The summed E-state index contributed by atoms with van der Waals surface area (Å²) < 4.78 is 14.0. The van der Waals surface area contributed by atoms with E-state index < -0.39 is 0 Å². The molecule has 150 valence electrons. The highest BCUT2D eigenvalue weighted by Crippen LogP contribution is 2.23. The Kier molecular flexibility index (Phi) is 6.18. The largest absolute Gasteiger partial charge is 0.340 e. The van der Waals surface area contributed by atoms with Gasteiger partial charge in [-0.2, -0.15) is 0 Å². The monoisotopic (exact) mass is 430 g/mol. The first-order valence-corrected chi connectivity index (χ1v) is 10.6. The van der Waals surface area contributed by atoms with Gasteiger partial charge >= 0.3 is 0 Å². The van der Waals surface area contributed by atoms with Gasteiger partial charge in [0.25, 0.3) is 0 Å². The number of nitrogens with zero attached hydrogens (tertiary/aromatic N) is 4. The normalized spacial score (nSPS) is 14.9. The average Bonchev–Trinajstić information content (AvgIpc) is 3.20. The molecule has 0 unspecified atom stereocenters. The number of halogens is 2. The Morgan fingerprint density at radius 1 is 1.14 bits per heavy atom. The molecule has 2 aromatic heterocycles. The summed E-state index contributed by atoms with van der Waals surface area (Å²) in [6.07, 6.45) is 2.01. The molecule has 0 saturated carbocycles. The van der Waals surface area contributed by atoms with Gasteiger partial charge in [0.15, 0.2) is 0 Å². The highest BCUT2D eigenvalue weighted by atomic mass is 35.5. The summed E-state index contributed by atoms with van der Waals surface area (Å²) >= 11 is 7.62. The minimum absolute atomic E-state index is 0.0615. The van der Waals surface area contributed by atoms with Crippen molar-refractivity contribution in [3.05, 3.63) is 70.1 Å². The van der Waals surface area contributed by atoms with Gasteiger partial charge in [-0.1, -0.05) is 23.7 Å². The smallest absolute Gasteiger partial charge is 0.228 e. The van der Waals surface area contributed by atoms with Crippen LogP contribution in [0.1, 0.15) is 11.3 Å². The molecular formula is C21H20ClFN4OS. The number of rotatable bonds is 5. The second-order valence-electron chi connectivity index (χ2n) is 6.89. The van der Waals surface area contributed by atoms with Gasteiger partial charge in [0.2, 0.25) is 5.91 Å². The SMILES string of the molecule is O=C(Cc1csc(-c2ccccn2)n1)N1CCN(Cc2c(F)cccc2Cl)CC1.